The number of thiazole rings is 1. The first-order valence-electron chi connectivity index (χ1n) is 10.8. The van der Waals surface area contributed by atoms with Crippen LogP contribution >= 0.6 is 11.3 Å². The summed E-state index contributed by atoms with van der Waals surface area (Å²) in [5.41, 5.74) is 4.97. The van der Waals surface area contributed by atoms with Gasteiger partial charge in [0, 0.05) is 30.2 Å². The number of fused-ring (bicyclic) bond motifs is 1. The highest BCUT2D eigenvalue weighted by Gasteiger charge is 2.33. The minimum absolute atomic E-state index is 0.104. The molecule has 172 valence electrons. The normalized spacial score (nSPS) is 15.2. The fraction of sp³-hybridized carbons (Fsp3) is 0.320. The Labute approximate surface area is 197 Å². The summed E-state index contributed by atoms with van der Waals surface area (Å²) in [7, 11) is 1.67. The van der Waals surface area contributed by atoms with Gasteiger partial charge in [-0.2, -0.15) is 0 Å². The monoisotopic (exact) mass is 465 g/mol. The maximum atomic E-state index is 13.0. The Morgan fingerprint density at radius 2 is 2.00 bits per heavy atom. The number of hydrogen-bond donors (Lipinski definition) is 1. The minimum Gasteiger partial charge on any atom is -0.479 e. The van der Waals surface area contributed by atoms with Crippen molar-refractivity contribution >= 4 is 34.5 Å². The quantitative estimate of drug-likeness (QED) is 0.561. The summed E-state index contributed by atoms with van der Waals surface area (Å²) < 4.78 is 10.9. The second kappa shape index (κ2) is 9.72. The molecule has 8 heteroatoms. The van der Waals surface area contributed by atoms with Gasteiger partial charge in [0.1, 0.15) is 12.3 Å². The van der Waals surface area contributed by atoms with Crippen molar-refractivity contribution in [1.82, 2.24) is 4.98 Å². The van der Waals surface area contributed by atoms with Crippen molar-refractivity contribution in [3.8, 4) is 17.0 Å². The first-order valence-corrected chi connectivity index (χ1v) is 11.7. The Morgan fingerprint density at radius 3 is 2.73 bits per heavy atom. The van der Waals surface area contributed by atoms with E-state index in [1.54, 1.807) is 25.4 Å². The molecule has 33 heavy (non-hydrogen) atoms. The molecule has 0 radical (unpaired) electrons. The highest BCUT2D eigenvalue weighted by Crippen LogP contribution is 2.38. The zero-order valence-electron chi connectivity index (χ0n) is 19.2. The number of para-hydroxylation sites is 1. The Kier molecular flexibility index (Phi) is 6.76. The molecular formula is C25H27N3O4S. The first kappa shape index (κ1) is 22.9. The molecule has 1 unspecified atom stereocenters. The standard InChI is InChI=1S/C25H27N3O4S/c1-15-6-5-7-16(2)24(15)27-22(29)13-28-20-12-18(8-9-21(20)32-17(3)25(28)30)19-14-33-23(26-19)10-11-31-4/h5-9,12,14,17H,10-11,13H2,1-4H3,(H,27,29). The zero-order valence-corrected chi connectivity index (χ0v) is 20.0. The van der Waals surface area contributed by atoms with Crippen molar-refractivity contribution in [2.45, 2.75) is 33.3 Å². The number of methoxy groups -OCH3 is 1. The van der Waals surface area contributed by atoms with Gasteiger partial charge in [-0.05, 0) is 50.1 Å². The number of hydrogen-bond acceptors (Lipinski definition) is 6. The van der Waals surface area contributed by atoms with Crippen molar-refractivity contribution in [3.05, 3.63) is 57.9 Å². The van der Waals surface area contributed by atoms with Crippen LogP contribution in [-0.4, -0.2) is 43.2 Å². The van der Waals surface area contributed by atoms with E-state index < -0.39 is 6.10 Å². The van der Waals surface area contributed by atoms with Gasteiger partial charge in [0.2, 0.25) is 5.91 Å². The zero-order chi connectivity index (χ0) is 23.5. The number of anilines is 2. The molecule has 1 atom stereocenters. The van der Waals surface area contributed by atoms with Gasteiger partial charge in [-0.25, -0.2) is 4.98 Å². The van der Waals surface area contributed by atoms with E-state index in [1.165, 1.54) is 4.90 Å². The van der Waals surface area contributed by atoms with Gasteiger partial charge in [0.05, 0.1) is 23.0 Å². The lowest BCUT2D eigenvalue weighted by Crippen LogP contribution is -2.47. The number of benzene rings is 2. The fourth-order valence-corrected chi connectivity index (χ4v) is 4.60. The Morgan fingerprint density at radius 1 is 1.24 bits per heavy atom. The molecule has 1 aliphatic heterocycles. The van der Waals surface area contributed by atoms with Crippen molar-refractivity contribution in [2.75, 3.05) is 30.5 Å². The predicted octanol–water partition coefficient (Wildman–Crippen LogP) is 4.37. The third-order valence-electron chi connectivity index (χ3n) is 5.58. The molecule has 4 rings (SSSR count). The topological polar surface area (TPSA) is 80.8 Å². The summed E-state index contributed by atoms with van der Waals surface area (Å²) in [6.07, 6.45) is 0.0757. The number of ether oxygens (including phenoxy) is 2. The summed E-state index contributed by atoms with van der Waals surface area (Å²) in [6, 6.07) is 11.5. The van der Waals surface area contributed by atoms with Crippen LogP contribution in [0.2, 0.25) is 0 Å². The van der Waals surface area contributed by atoms with E-state index in [9.17, 15) is 9.59 Å². The molecule has 2 heterocycles. The molecule has 2 amide bonds. The van der Waals surface area contributed by atoms with E-state index in [0.29, 0.717) is 18.0 Å². The number of nitrogens with one attached hydrogen (secondary N) is 1. The number of aromatic nitrogens is 1. The van der Waals surface area contributed by atoms with Crippen molar-refractivity contribution in [3.63, 3.8) is 0 Å². The average molecular weight is 466 g/mol. The smallest absolute Gasteiger partial charge is 0.268 e. The van der Waals surface area contributed by atoms with E-state index >= 15 is 0 Å². The van der Waals surface area contributed by atoms with Crippen LogP contribution in [0.15, 0.2) is 41.8 Å². The molecule has 0 fully saturated rings. The molecule has 2 aromatic carbocycles. The highest BCUT2D eigenvalue weighted by atomic mass is 32.1. The Balaban J connectivity index is 1.60. The van der Waals surface area contributed by atoms with E-state index in [4.69, 9.17) is 9.47 Å². The first-order chi connectivity index (χ1) is 15.9. The molecule has 1 aliphatic rings. The van der Waals surface area contributed by atoms with Crippen LogP contribution in [0.5, 0.6) is 5.75 Å². The summed E-state index contributed by atoms with van der Waals surface area (Å²) in [6.45, 7) is 6.09. The number of rotatable bonds is 7. The van der Waals surface area contributed by atoms with Crippen LogP contribution in [0.3, 0.4) is 0 Å². The lowest BCUT2D eigenvalue weighted by molar-refractivity contribution is -0.127. The van der Waals surface area contributed by atoms with Gasteiger partial charge in [0.15, 0.2) is 6.10 Å². The lowest BCUT2D eigenvalue weighted by atomic mass is 10.1. The van der Waals surface area contributed by atoms with Crippen LogP contribution in [0.25, 0.3) is 11.3 Å². The van der Waals surface area contributed by atoms with Crippen LogP contribution < -0.4 is 15.0 Å². The van der Waals surface area contributed by atoms with E-state index in [1.807, 2.05) is 55.6 Å². The van der Waals surface area contributed by atoms with Crippen molar-refractivity contribution in [1.29, 1.82) is 0 Å². The summed E-state index contributed by atoms with van der Waals surface area (Å²) in [5, 5.41) is 5.93. The van der Waals surface area contributed by atoms with E-state index in [2.05, 4.69) is 10.3 Å². The predicted molar refractivity (Wildman–Crippen MR) is 130 cm³/mol. The largest absolute Gasteiger partial charge is 0.479 e. The Bertz CT molecular complexity index is 1170. The van der Waals surface area contributed by atoms with Crippen molar-refractivity contribution in [2.24, 2.45) is 0 Å². The van der Waals surface area contributed by atoms with Gasteiger partial charge in [0.25, 0.3) is 5.91 Å². The van der Waals surface area contributed by atoms with Crippen LogP contribution in [0, 0.1) is 13.8 Å². The molecule has 0 saturated heterocycles. The highest BCUT2D eigenvalue weighted by molar-refractivity contribution is 7.09. The maximum Gasteiger partial charge on any atom is 0.268 e. The van der Waals surface area contributed by atoms with Crippen LogP contribution in [-0.2, 0) is 20.7 Å². The summed E-state index contributed by atoms with van der Waals surface area (Å²) in [4.78, 5) is 32.1. The number of amides is 2. The van der Waals surface area contributed by atoms with Gasteiger partial charge < -0.3 is 14.8 Å². The molecule has 0 bridgehead atoms. The molecule has 0 aliphatic carbocycles. The van der Waals surface area contributed by atoms with Crippen molar-refractivity contribution < 1.29 is 19.1 Å². The van der Waals surface area contributed by atoms with E-state index in [-0.39, 0.29) is 18.4 Å². The molecule has 1 N–H and O–H groups in total. The lowest BCUT2D eigenvalue weighted by Gasteiger charge is -2.33. The number of aryl methyl sites for hydroxylation is 2. The van der Waals surface area contributed by atoms with Gasteiger partial charge >= 0.3 is 0 Å². The number of carbonyl (C=O) groups is 2. The third kappa shape index (κ3) is 4.91. The van der Waals surface area contributed by atoms with Gasteiger partial charge in [-0.15, -0.1) is 11.3 Å². The number of carbonyl (C=O) groups excluding carboxylic acids is 2. The molecule has 0 spiro atoms. The van der Waals surface area contributed by atoms with Gasteiger partial charge in [-0.1, -0.05) is 18.2 Å². The van der Waals surface area contributed by atoms with E-state index in [0.717, 1.165) is 39.5 Å². The minimum atomic E-state index is -0.670. The average Bonchev–Trinajstić information content (AvgIpc) is 3.27. The molecule has 7 nitrogen and oxygen atoms in total. The fourth-order valence-electron chi connectivity index (χ4n) is 3.81. The van der Waals surface area contributed by atoms with Gasteiger partial charge in [-0.3, -0.25) is 14.5 Å². The second-order valence-electron chi connectivity index (χ2n) is 8.05. The molecule has 0 saturated carbocycles. The maximum absolute atomic E-state index is 13.0. The van der Waals surface area contributed by atoms with Crippen LogP contribution in [0.4, 0.5) is 11.4 Å². The second-order valence-corrected chi connectivity index (χ2v) is 8.99. The summed E-state index contributed by atoms with van der Waals surface area (Å²) in [5.74, 6) is 0.0534. The molecule has 3 aromatic rings. The molecular weight excluding hydrogens is 438 g/mol. The molecule has 1 aromatic heterocycles. The SMILES string of the molecule is COCCc1nc(-c2ccc3c(c2)N(CC(=O)Nc2c(C)cccc2C)C(=O)C(C)O3)cs1. The third-order valence-corrected chi connectivity index (χ3v) is 6.49. The van der Waals surface area contributed by atoms with Crippen LogP contribution in [0.1, 0.15) is 23.1 Å². The Hall–Kier alpha value is -3.23. The number of nitrogens with zero attached hydrogens (tertiary/aromatic N) is 2. The summed E-state index contributed by atoms with van der Waals surface area (Å²) >= 11 is 1.57.